The number of hydrogen-bond acceptors (Lipinski definition) is 2. The van der Waals surface area contributed by atoms with Gasteiger partial charge in [0, 0.05) is 4.47 Å². The Bertz CT molecular complexity index is 586. The second-order valence-electron chi connectivity index (χ2n) is 4.32. The van der Waals surface area contributed by atoms with Crippen molar-refractivity contribution in [3.05, 3.63) is 57.0 Å². The van der Waals surface area contributed by atoms with Crippen LogP contribution in [0.4, 0.5) is 0 Å². The average Bonchev–Trinajstić information content (AvgIpc) is 2.37. The van der Waals surface area contributed by atoms with E-state index in [1.807, 2.05) is 37.3 Å². The van der Waals surface area contributed by atoms with Gasteiger partial charge in [-0.05, 0) is 55.3 Å². The van der Waals surface area contributed by atoms with Crippen molar-refractivity contribution in [2.75, 3.05) is 6.54 Å². The first kappa shape index (κ1) is 14.4. The first-order valence-corrected chi connectivity index (χ1v) is 7.20. The highest BCUT2D eigenvalue weighted by atomic mass is 79.9. The molecule has 19 heavy (non-hydrogen) atoms. The molecule has 0 amide bonds. The summed E-state index contributed by atoms with van der Waals surface area (Å²) in [6, 6.07) is 11.7. The second kappa shape index (κ2) is 6.42. The molecule has 0 saturated carbocycles. The van der Waals surface area contributed by atoms with Crippen LogP contribution in [-0.2, 0) is 6.42 Å². The lowest BCUT2D eigenvalue weighted by Crippen LogP contribution is -2.03. The maximum Gasteiger partial charge on any atom is 0.146 e. The van der Waals surface area contributed by atoms with Gasteiger partial charge in [0.1, 0.15) is 11.5 Å². The molecule has 0 fully saturated rings. The molecule has 0 atom stereocenters. The minimum absolute atomic E-state index is 0.581. The Morgan fingerprint density at radius 3 is 2.63 bits per heavy atom. The normalized spacial score (nSPS) is 10.5. The number of halogens is 2. The van der Waals surface area contributed by atoms with Crippen molar-refractivity contribution in [3.8, 4) is 11.5 Å². The van der Waals surface area contributed by atoms with E-state index in [1.165, 1.54) is 0 Å². The van der Waals surface area contributed by atoms with Gasteiger partial charge in [0.05, 0.1) is 5.02 Å². The first-order chi connectivity index (χ1) is 9.10. The SMILES string of the molecule is Cc1ccc(CCN)cc1Oc1ccc(Br)cc1Cl. The van der Waals surface area contributed by atoms with Crippen molar-refractivity contribution in [3.63, 3.8) is 0 Å². The minimum Gasteiger partial charge on any atom is -0.456 e. The molecule has 0 radical (unpaired) electrons. The van der Waals surface area contributed by atoms with E-state index in [0.717, 1.165) is 27.8 Å². The lowest BCUT2D eigenvalue weighted by Gasteiger charge is -2.12. The van der Waals surface area contributed by atoms with E-state index in [9.17, 15) is 0 Å². The summed E-state index contributed by atoms with van der Waals surface area (Å²) in [4.78, 5) is 0. The Morgan fingerprint density at radius 1 is 1.16 bits per heavy atom. The van der Waals surface area contributed by atoms with Crippen LogP contribution in [0.15, 0.2) is 40.9 Å². The van der Waals surface area contributed by atoms with Gasteiger partial charge in [-0.15, -0.1) is 0 Å². The highest BCUT2D eigenvalue weighted by Crippen LogP contribution is 2.33. The van der Waals surface area contributed by atoms with Crippen molar-refractivity contribution < 1.29 is 4.74 Å². The van der Waals surface area contributed by atoms with E-state index >= 15 is 0 Å². The molecular weight excluding hydrogens is 326 g/mol. The van der Waals surface area contributed by atoms with Crippen LogP contribution in [-0.4, -0.2) is 6.54 Å². The molecular formula is C15H15BrClNO. The predicted molar refractivity (Wildman–Crippen MR) is 83.2 cm³/mol. The summed E-state index contributed by atoms with van der Waals surface area (Å²) in [5.74, 6) is 1.47. The molecule has 2 aromatic carbocycles. The van der Waals surface area contributed by atoms with Gasteiger partial charge in [0.2, 0.25) is 0 Å². The number of aryl methyl sites for hydroxylation is 1. The monoisotopic (exact) mass is 339 g/mol. The summed E-state index contributed by atoms with van der Waals surface area (Å²) in [6.07, 6.45) is 0.838. The second-order valence-corrected chi connectivity index (χ2v) is 5.64. The molecule has 2 N–H and O–H groups in total. The number of ether oxygens (including phenoxy) is 1. The summed E-state index contributed by atoms with van der Waals surface area (Å²) in [6.45, 7) is 2.63. The van der Waals surface area contributed by atoms with Crippen LogP contribution >= 0.6 is 27.5 Å². The van der Waals surface area contributed by atoms with Crippen LogP contribution in [0.5, 0.6) is 11.5 Å². The third-order valence-corrected chi connectivity index (χ3v) is 3.59. The van der Waals surface area contributed by atoms with E-state index in [-0.39, 0.29) is 0 Å². The Labute approximate surface area is 126 Å². The van der Waals surface area contributed by atoms with Gasteiger partial charge in [-0.2, -0.15) is 0 Å². The predicted octanol–water partition coefficient (Wildman–Crippen LogP) is 4.70. The van der Waals surface area contributed by atoms with E-state index in [0.29, 0.717) is 17.3 Å². The number of benzene rings is 2. The number of nitrogens with two attached hydrogens (primary N) is 1. The maximum atomic E-state index is 6.16. The molecule has 2 rings (SSSR count). The highest BCUT2D eigenvalue weighted by Gasteiger charge is 2.07. The van der Waals surface area contributed by atoms with E-state index in [2.05, 4.69) is 22.0 Å². The van der Waals surface area contributed by atoms with Gasteiger partial charge in [-0.3, -0.25) is 0 Å². The van der Waals surface area contributed by atoms with Crippen LogP contribution in [0.2, 0.25) is 5.02 Å². The van der Waals surface area contributed by atoms with Crippen molar-refractivity contribution in [1.29, 1.82) is 0 Å². The fourth-order valence-corrected chi connectivity index (χ4v) is 2.47. The molecule has 0 aliphatic carbocycles. The topological polar surface area (TPSA) is 35.2 Å². The summed E-state index contributed by atoms with van der Waals surface area (Å²) in [7, 11) is 0. The first-order valence-electron chi connectivity index (χ1n) is 6.02. The summed E-state index contributed by atoms with van der Waals surface area (Å²) >= 11 is 9.53. The minimum atomic E-state index is 0.581. The van der Waals surface area contributed by atoms with Crippen LogP contribution in [0.25, 0.3) is 0 Å². The molecule has 0 aliphatic rings. The summed E-state index contributed by atoms with van der Waals surface area (Å²) in [5, 5.41) is 0.581. The van der Waals surface area contributed by atoms with E-state index in [1.54, 1.807) is 0 Å². The molecule has 0 aromatic heterocycles. The molecule has 100 valence electrons. The van der Waals surface area contributed by atoms with Crippen molar-refractivity contribution in [1.82, 2.24) is 0 Å². The Morgan fingerprint density at radius 2 is 1.95 bits per heavy atom. The van der Waals surface area contributed by atoms with Crippen LogP contribution in [0.3, 0.4) is 0 Å². The molecule has 0 spiro atoms. The summed E-state index contributed by atoms with van der Waals surface area (Å²) in [5.41, 5.74) is 7.81. The van der Waals surface area contributed by atoms with Crippen LogP contribution in [0, 0.1) is 6.92 Å². The van der Waals surface area contributed by atoms with Crippen molar-refractivity contribution in [2.24, 2.45) is 5.73 Å². The van der Waals surface area contributed by atoms with Gasteiger partial charge < -0.3 is 10.5 Å². The Balaban J connectivity index is 2.29. The lowest BCUT2D eigenvalue weighted by atomic mass is 10.1. The fourth-order valence-electron chi connectivity index (χ4n) is 1.75. The number of rotatable bonds is 4. The fraction of sp³-hybridized carbons (Fsp3) is 0.200. The average molecular weight is 341 g/mol. The Hall–Kier alpha value is -1.03. The molecule has 0 aliphatic heterocycles. The molecule has 0 saturated heterocycles. The zero-order valence-corrected chi connectivity index (χ0v) is 13.0. The van der Waals surface area contributed by atoms with Gasteiger partial charge >= 0.3 is 0 Å². The zero-order valence-electron chi connectivity index (χ0n) is 10.6. The third kappa shape index (κ3) is 3.72. The zero-order chi connectivity index (χ0) is 13.8. The van der Waals surface area contributed by atoms with Crippen molar-refractivity contribution in [2.45, 2.75) is 13.3 Å². The van der Waals surface area contributed by atoms with Crippen LogP contribution in [0.1, 0.15) is 11.1 Å². The largest absolute Gasteiger partial charge is 0.456 e. The van der Waals surface area contributed by atoms with E-state index < -0.39 is 0 Å². The molecule has 2 nitrogen and oxygen atoms in total. The van der Waals surface area contributed by atoms with Crippen molar-refractivity contribution >= 4 is 27.5 Å². The molecule has 4 heteroatoms. The lowest BCUT2D eigenvalue weighted by molar-refractivity contribution is 0.478. The molecule has 0 bridgehead atoms. The van der Waals surface area contributed by atoms with Gasteiger partial charge in [-0.25, -0.2) is 0 Å². The van der Waals surface area contributed by atoms with Crippen LogP contribution < -0.4 is 10.5 Å². The Kier molecular flexibility index (Phi) is 4.86. The quantitative estimate of drug-likeness (QED) is 0.875. The van der Waals surface area contributed by atoms with E-state index in [4.69, 9.17) is 22.1 Å². The smallest absolute Gasteiger partial charge is 0.146 e. The standard InChI is InChI=1S/C15H15BrClNO/c1-10-2-3-11(6-7-18)8-15(10)19-14-5-4-12(16)9-13(14)17/h2-5,8-9H,6-7,18H2,1H3. The summed E-state index contributed by atoms with van der Waals surface area (Å²) < 4.78 is 6.82. The molecule has 0 unspecified atom stereocenters. The maximum absolute atomic E-state index is 6.16. The van der Waals surface area contributed by atoms with Gasteiger partial charge in [0.25, 0.3) is 0 Å². The van der Waals surface area contributed by atoms with Gasteiger partial charge in [0.15, 0.2) is 0 Å². The number of hydrogen-bond donors (Lipinski definition) is 1. The van der Waals surface area contributed by atoms with Gasteiger partial charge in [-0.1, -0.05) is 39.7 Å². The molecule has 2 aromatic rings. The highest BCUT2D eigenvalue weighted by molar-refractivity contribution is 9.10. The molecule has 0 heterocycles. The third-order valence-electron chi connectivity index (χ3n) is 2.80.